The van der Waals surface area contributed by atoms with Gasteiger partial charge >= 0.3 is 0 Å². The van der Waals surface area contributed by atoms with Crippen molar-refractivity contribution in [3.05, 3.63) is 54.0 Å². The highest BCUT2D eigenvalue weighted by Crippen LogP contribution is 2.32. The molecule has 0 radical (unpaired) electrons. The summed E-state index contributed by atoms with van der Waals surface area (Å²) in [6.07, 6.45) is 4.41. The van der Waals surface area contributed by atoms with Crippen LogP contribution in [0.15, 0.2) is 36.8 Å². The monoisotopic (exact) mass is 502 g/mol. The van der Waals surface area contributed by atoms with Gasteiger partial charge in [0.25, 0.3) is 0 Å². The number of hydrogen-bond donors (Lipinski definition) is 2. The first-order chi connectivity index (χ1) is 17.6. The average Bonchev–Trinajstić information content (AvgIpc) is 2.91. The summed E-state index contributed by atoms with van der Waals surface area (Å²) in [6.45, 7) is 5.07. The first-order valence-electron chi connectivity index (χ1n) is 11.4. The number of pyridine rings is 1. The van der Waals surface area contributed by atoms with Crippen LogP contribution < -0.4 is 29.6 Å². The fraction of sp³-hybridized carbons (Fsp3) is 0.375. The maximum Gasteiger partial charge on any atom is 0.227 e. The lowest BCUT2D eigenvalue weighted by atomic mass is 10.1. The largest absolute Gasteiger partial charge is 0.494 e. The number of piperazine rings is 1. The van der Waals surface area contributed by atoms with E-state index in [9.17, 15) is 8.78 Å². The highest BCUT2D eigenvalue weighted by Gasteiger charge is 2.20. The number of methoxy groups -OCH3 is 2. The molecule has 0 atom stereocenters. The summed E-state index contributed by atoms with van der Waals surface area (Å²) in [4.78, 5) is 15.0. The van der Waals surface area contributed by atoms with Crippen molar-refractivity contribution in [1.82, 2.24) is 25.2 Å². The molecular weight excluding hydrogens is 474 g/mol. The lowest BCUT2D eigenvalue weighted by molar-refractivity contribution is 0.188. The summed E-state index contributed by atoms with van der Waals surface area (Å²) in [7, 11) is 2.56. The van der Waals surface area contributed by atoms with E-state index >= 15 is 0 Å². The topological polar surface area (TPSA) is 103 Å². The number of aromatic nitrogens is 3. The maximum absolute atomic E-state index is 14.5. The van der Waals surface area contributed by atoms with Crippen LogP contribution >= 0.6 is 0 Å². The number of halogens is 2. The van der Waals surface area contributed by atoms with E-state index in [4.69, 9.17) is 18.9 Å². The van der Waals surface area contributed by atoms with Gasteiger partial charge in [0.1, 0.15) is 13.2 Å². The molecule has 36 heavy (non-hydrogen) atoms. The number of nitrogens with one attached hydrogen (secondary N) is 2. The molecule has 0 unspecified atom stereocenters. The van der Waals surface area contributed by atoms with Crippen molar-refractivity contribution in [2.45, 2.75) is 6.61 Å². The SMILES string of the molecule is COc1cc(OC)c(F)c(COc2cnc(Nc3ccc(OCCN4CCNCC4)nc3)nc2)c1F. The van der Waals surface area contributed by atoms with Crippen molar-refractivity contribution in [1.29, 1.82) is 0 Å². The fourth-order valence-electron chi connectivity index (χ4n) is 3.56. The van der Waals surface area contributed by atoms with E-state index in [0.29, 0.717) is 24.1 Å². The Morgan fingerprint density at radius 1 is 0.944 bits per heavy atom. The smallest absolute Gasteiger partial charge is 0.227 e. The minimum atomic E-state index is -0.862. The minimum Gasteiger partial charge on any atom is -0.494 e. The zero-order valence-electron chi connectivity index (χ0n) is 20.1. The zero-order chi connectivity index (χ0) is 25.3. The second-order valence-corrected chi connectivity index (χ2v) is 7.87. The van der Waals surface area contributed by atoms with E-state index in [-0.39, 0.29) is 22.8 Å². The third-order valence-electron chi connectivity index (χ3n) is 5.54. The first-order valence-corrected chi connectivity index (χ1v) is 11.4. The normalized spacial score (nSPS) is 13.8. The number of ether oxygens (including phenoxy) is 4. The molecule has 1 saturated heterocycles. The zero-order valence-corrected chi connectivity index (χ0v) is 20.1. The molecule has 0 saturated carbocycles. The summed E-state index contributed by atoms with van der Waals surface area (Å²) >= 11 is 0. The van der Waals surface area contributed by atoms with Gasteiger partial charge in [-0.1, -0.05) is 0 Å². The molecule has 0 spiro atoms. The van der Waals surface area contributed by atoms with Gasteiger partial charge in [-0.25, -0.2) is 23.7 Å². The Bertz CT molecular complexity index is 1100. The van der Waals surface area contributed by atoms with Crippen LogP contribution in [0.25, 0.3) is 0 Å². The van der Waals surface area contributed by atoms with Gasteiger partial charge in [0.15, 0.2) is 28.9 Å². The Morgan fingerprint density at radius 2 is 1.64 bits per heavy atom. The number of anilines is 2. The van der Waals surface area contributed by atoms with Gasteiger partial charge in [-0.2, -0.15) is 0 Å². The summed E-state index contributed by atoms with van der Waals surface area (Å²) in [5.74, 6) is -0.949. The van der Waals surface area contributed by atoms with Gasteiger partial charge in [0.2, 0.25) is 11.8 Å². The van der Waals surface area contributed by atoms with Crippen LogP contribution in [0.3, 0.4) is 0 Å². The molecule has 0 bridgehead atoms. The molecule has 1 aromatic carbocycles. The molecule has 192 valence electrons. The molecule has 2 N–H and O–H groups in total. The lowest BCUT2D eigenvalue weighted by Gasteiger charge is -2.26. The molecular formula is C24H28F2N6O4. The van der Waals surface area contributed by atoms with Gasteiger partial charge in [0, 0.05) is 44.9 Å². The Balaban J connectivity index is 1.28. The van der Waals surface area contributed by atoms with Gasteiger partial charge < -0.3 is 29.6 Å². The van der Waals surface area contributed by atoms with Crippen LogP contribution in [0.1, 0.15) is 5.56 Å². The molecule has 1 aliphatic rings. The van der Waals surface area contributed by atoms with E-state index in [0.717, 1.165) is 38.8 Å². The fourth-order valence-corrected chi connectivity index (χ4v) is 3.56. The lowest BCUT2D eigenvalue weighted by Crippen LogP contribution is -2.44. The van der Waals surface area contributed by atoms with Crippen molar-refractivity contribution in [2.75, 3.05) is 58.9 Å². The summed E-state index contributed by atoms with van der Waals surface area (Å²) < 4.78 is 50.0. The molecule has 3 heterocycles. The average molecular weight is 503 g/mol. The Hall–Kier alpha value is -3.77. The molecule has 2 aromatic heterocycles. The number of benzene rings is 1. The third kappa shape index (κ3) is 6.46. The van der Waals surface area contributed by atoms with Gasteiger partial charge in [-0.15, -0.1) is 0 Å². The Kier molecular flexibility index (Phi) is 8.63. The van der Waals surface area contributed by atoms with E-state index in [2.05, 4.69) is 30.5 Å². The highest BCUT2D eigenvalue weighted by atomic mass is 19.1. The van der Waals surface area contributed by atoms with E-state index in [1.54, 1.807) is 12.3 Å². The van der Waals surface area contributed by atoms with Crippen molar-refractivity contribution < 1.29 is 27.7 Å². The Morgan fingerprint density at radius 3 is 2.25 bits per heavy atom. The van der Waals surface area contributed by atoms with Crippen LogP contribution in [0.2, 0.25) is 0 Å². The van der Waals surface area contributed by atoms with Gasteiger partial charge in [0.05, 0.1) is 44.1 Å². The molecule has 10 nitrogen and oxygen atoms in total. The quantitative estimate of drug-likeness (QED) is 0.407. The molecule has 1 fully saturated rings. The first kappa shape index (κ1) is 25.3. The van der Waals surface area contributed by atoms with Gasteiger partial charge in [-0.3, -0.25) is 4.90 Å². The molecule has 0 aliphatic carbocycles. The second kappa shape index (κ2) is 12.3. The second-order valence-electron chi connectivity index (χ2n) is 7.87. The van der Waals surface area contributed by atoms with Gasteiger partial charge in [-0.05, 0) is 6.07 Å². The molecule has 12 heteroatoms. The number of rotatable bonds is 11. The van der Waals surface area contributed by atoms with E-state index in [1.807, 2.05) is 6.07 Å². The number of nitrogens with zero attached hydrogens (tertiary/aromatic N) is 4. The van der Waals surface area contributed by atoms with E-state index < -0.39 is 18.2 Å². The van der Waals surface area contributed by atoms with Crippen molar-refractivity contribution in [3.63, 3.8) is 0 Å². The Labute approximate surface area is 207 Å². The summed E-state index contributed by atoms with van der Waals surface area (Å²) in [6, 6.07) is 4.71. The number of hydrogen-bond acceptors (Lipinski definition) is 10. The predicted octanol–water partition coefficient (Wildman–Crippen LogP) is 2.77. The molecule has 1 aliphatic heterocycles. The van der Waals surface area contributed by atoms with Crippen LogP contribution in [-0.4, -0.2) is 73.4 Å². The van der Waals surface area contributed by atoms with Crippen LogP contribution in [0.4, 0.5) is 20.4 Å². The van der Waals surface area contributed by atoms with Crippen LogP contribution in [0, 0.1) is 11.6 Å². The summed E-state index contributed by atoms with van der Waals surface area (Å²) in [5, 5.41) is 6.35. The molecule has 3 aromatic rings. The van der Waals surface area contributed by atoms with Crippen LogP contribution in [-0.2, 0) is 6.61 Å². The highest BCUT2D eigenvalue weighted by molar-refractivity contribution is 5.52. The molecule has 4 rings (SSSR count). The molecule has 0 amide bonds. The van der Waals surface area contributed by atoms with E-state index in [1.165, 1.54) is 26.6 Å². The van der Waals surface area contributed by atoms with Crippen molar-refractivity contribution in [3.8, 4) is 23.1 Å². The van der Waals surface area contributed by atoms with Crippen LogP contribution in [0.5, 0.6) is 23.1 Å². The summed E-state index contributed by atoms with van der Waals surface area (Å²) in [5.41, 5.74) is 0.348. The standard InChI is InChI=1S/C24H28F2N6O4/c1-33-19-11-20(34-2)23(26)18(22(19)25)15-36-17-13-29-24(30-14-17)31-16-3-4-21(28-12-16)35-10-9-32-7-5-27-6-8-32/h3-4,11-14,27H,5-10,15H2,1-2H3,(H,29,30,31). The third-order valence-corrected chi connectivity index (χ3v) is 5.54. The maximum atomic E-state index is 14.5. The van der Waals surface area contributed by atoms with Crippen molar-refractivity contribution in [2.24, 2.45) is 0 Å². The minimum absolute atomic E-state index is 0.146. The van der Waals surface area contributed by atoms with Crippen molar-refractivity contribution >= 4 is 11.6 Å². The predicted molar refractivity (Wildman–Crippen MR) is 128 cm³/mol.